The zero-order chi connectivity index (χ0) is 13.4. The molecule has 0 aliphatic carbocycles. The van der Waals surface area contributed by atoms with Crippen LogP contribution in [0.2, 0.25) is 0 Å². The molecule has 0 bridgehead atoms. The standard InChI is InChI=1S/C14H22N2O2/c1-11(10-18-3)8-16-9-12-4-6-13(7-5-12)14(17)15-2/h4-7,11,16H,8-10H2,1-3H3,(H,15,17). The lowest BCUT2D eigenvalue weighted by Crippen LogP contribution is -2.23. The maximum atomic E-state index is 11.4. The monoisotopic (exact) mass is 250 g/mol. The highest BCUT2D eigenvalue weighted by molar-refractivity contribution is 5.93. The zero-order valence-corrected chi connectivity index (χ0v) is 11.3. The second-order valence-corrected chi connectivity index (χ2v) is 4.47. The van der Waals surface area contributed by atoms with Crippen LogP contribution in [0.15, 0.2) is 24.3 Å². The van der Waals surface area contributed by atoms with Crippen LogP contribution in [0.5, 0.6) is 0 Å². The van der Waals surface area contributed by atoms with Crippen molar-refractivity contribution in [1.29, 1.82) is 0 Å². The number of hydrogen-bond donors (Lipinski definition) is 2. The van der Waals surface area contributed by atoms with E-state index in [-0.39, 0.29) is 5.91 Å². The third kappa shape index (κ3) is 4.85. The van der Waals surface area contributed by atoms with Crippen LogP contribution in [-0.4, -0.2) is 33.2 Å². The van der Waals surface area contributed by atoms with Crippen molar-refractivity contribution >= 4 is 5.91 Å². The van der Waals surface area contributed by atoms with Gasteiger partial charge in [0.05, 0.1) is 0 Å². The quantitative estimate of drug-likeness (QED) is 0.769. The van der Waals surface area contributed by atoms with Gasteiger partial charge in [0, 0.05) is 39.4 Å². The van der Waals surface area contributed by atoms with Gasteiger partial charge in [0.1, 0.15) is 0 Å². The molecule has 4 nitrogen and oxygen atoms in total. The number of amides is 1. The van der Waals surface area contributed by atoms with Crippen LogP contribution in [0, 0.1) is 5.92 Å². The van der Waals surface area contributed by atoms with Gasteiger partial charge in [-0.25, -0.2) is 0 Å². The number of hydrogen-bond acceptors (Lipinski definition) is 3. The Morgan fingerprint density at radius 1 is 1.33 bits per heavy atom. The summed E-state index contributed by atoms with van der Waals surface area (Å²) in [4.78, 5) is 11.4. The van der Waals surface area contributed by atoms with E-state index in [0.29, 0.717) is 11.5 Å². The van der Waals surface area contributed by atoms with E-state index in [0.717, 1.165) is 19.7 Å². The largest absolute Gasteiger partial charge is 0.384 e. The van der Waals surface area contributed by atoms with Crippen molar-refractivity contribution in [1.82, 2.24) is 10.6 Å². The number of carbonyl (C=O) groups excluding carboxylic acids is 1. The first-order chi connectivity index (χ1) is 8.67. The third-order valence-electron chi connectivity index (χ3n) is 2.72. The Hall–Kier alpha value is -1.39. The van der Waals surface area contributed by atoms with Crippen molar-refractivity contribution in [3.05, 3.63) is 35.4 Å². The van der Waals surface area contributed by atoms with E-state index in [2.05, 4.69) is 17.6 Å². The van der Waals surface area contributed by atoms with Gasteiger partial charge in [-0.1, -0.05) is 19.1 Å². The Kier molecular flexibility index (Phi) is 6.39. The van der Waals surface area contributed by atoms with Gasteiger partial charge in [-0.2, -0.15) is 0 Å². The average Bonchev–Trinajstić information content (AvgIpc) is 2.39. The molecule has 1 aromatic rings. The Balaban J connectivity index is 2.37. The Morgan fingerprint density at radius 3 is 2.56 bits per heavy atom. The molecule has 18 heavy (non-hydrogen) atoms. The highest BCUT2D eigenvalue weighted by Crippen LogP contribution is 2.04. The molecule has 1 atom stereocenters. The van der Waals surface area contributed by atoms with Crippen LogP contribution < -0.4 is 10.6 Å². The highest BCUT2D eigenvalue weighted by Gasteiger charge is 2.03. The van der Waals surface area contributed by atoms with Gasteiger partial charge >= 0.3 is 0 Å². The summed E-state index contributed by atoms with van der Waals surface area (Å²) in [7, 11) is 3.35. The maximum Gasteiger partial charge on any atom is 0.251 e. The van der Waals surface area contributed by atoms with Gasteiger partial charge < -0.3 is 15.4 Å². The molecular formula is C14H22N2O2. The second kappa shape index (κ2) is 7.84. The van der Waals surface area contributed by atoms with Gasteiger partial charge in [-0.05, 0) is 23.6 Å². The molecule has 1 rings (SSSR count). The Morgan fingerprint density at radius 2 is 2.00 bits per heavy atom. The van der Waals surface area contributed by atoms with Crippen LogP contribution in [0.3, 0.4) is 0 Å². The summed E-state index contributed by atoms with van der Waals surface area (Å²) in [6.07, 6.45) is 0. The first-order valence-corrected chi connectivity index (χ1v) is 6.18. The van der Waals surface area contributed by atoms with Crippen molar-refractivity contribution < 1.29 is 9.53 Å². The number of ether oxygens (including phenoxy) is 1. The molecule has 0 spiro atoms. The number of carbonyl (C=O) groups is 1. The van der Waals surface area contributed by atoms with Crippen LogP contribution in [0.25, 0.3) is 0 Å². The lowest BCUT2D eigenvalue weighted by Gasteiger charge is -2.11. The molecule has 0 saturated heterocycles. The lowest BCUT2D eigenvalue weighted by molar-refractivity contribution is 0.0963. The van der Waals surface area contributed by atoms with Gasteiger partial charge in [0.2, 0.25) is 0 Å². The Bertz CT molecular complexity index is 363. The summed E-state index contributed by atoms with van der Waals surface area (Å²) in [5.74, 6) is 0.448. The third-order valence-corrected chi connectivity index (χ3v) is 2.72. The number of methoxy groups -OCH3 is 1. The van der Waals surface area contributed by atoms with Crippen LogP contribution in [0.4, 0.5) is 0 Å². The fourth-order valence-corrected chi connectivity index (χ4v) is 1.72. The van der Waals surface area contributed by atoms with E-state index in [1.807, 2.05) is 24.3 Å². The summed E-state index contributed by atoms with van der Waals surface area (Å²) in [5, 5.41) is 5.97. The van der Waals surface area contributed by atoms with Crippen LogP contribution in [0.1, 0.15) is 22.8 Å². The molecule has 0 saturated carbocycles. The van der Waals surface area contributed by atoms with Crippen LogP contribution in [-0.2, 0) is 11.3 Å². The lowest BCUT2D eigenvalue weighted by atomic mass is 10.1. The van der Waals surface area contributed by atoms with Gasteiger partial charge in [0.15, 0.2) is 0 Å². The molecule has 0 radical (unpaired) electrons. The molecular weight excluding hydrogens is 228 g/mol. The molecule has 4 heteroatoms. The number of benzene rings is 1. The van der Waals surface area contributed by atoms with E-state index < -0.39 is 0 Å². The first-order valence-electron chi connectivity index (χ1n) is 6.18. The van der Waals surface area contributed by atoms with Gasteiger partial charge in [-0.3, -0.25) is 4.79 Å². The van der Waals surface area contributed by atoms with Crippen molar-refractivity contribution in [2.75, 3.05) is 27.3 Å². The predicted molar refractivity (Wildman–Crippen MR) is 72.6 cm³/mol. The molecule has 0 aliphatic rings. The van der Waals surface area contributed by atoms with Gasteiger partial charge in [0.25, 0.3) is 5.91 Å². The second-order valence-electron chi connectivity index (χ2n) is 4.47. The maximum absolute atomic E-state index is 11.4. The summed E-state index contributed by atoms with van der Waals surface area (Å²) >= 11 is 0. The minimum atomic E-state index is -0.0526. The molecule has 0 fully saturated rings. The van der Waals surface area contributed by atoms with Crippen molar-refractivity contribution in [2.45, 2.75) is 13.5 Å². The molecule has 1 amide bonds. The molecule has 0 heterocycles. The molecule has 100 valence electrons. The Labute approximate surface area is 109 Å². The summed E-state index contributed by atoms with van der Waals surface area (Å²) in [6.45, 7) is 4.64. The van der Waals surface area contributed by atoms with Crippen molar-refractivity contribution in [3.8, 4) is 0 Å². The van der Waals surface area contributed by atoms with E-state index in [4.69, 9.17) is 4.74 Å². The summed E-state index contributed by atoms with van der Waals surface area (Å²) in [5.41, 5.74) is 1.86. The highest BCUT2D eigenvalue weighted by atomic mass is 16.5. The normalized spacial score (nSPS) is 12.2. The molecule has 2 N–H and O–H groups in total. The van der Waals surface area contributed by atoms with E-state index >= 15 is 0 Å². The molecule has 1 aromatic carbocycles. The number of nitrogens with one attached hydrogen (secondary N) is 2. The number of rotatable bonds is 7. The SMILES string of the molecule is CNC(=O)c1ccc(CNCC(C)COC)cc1. The van der Waals surface area contributed by atoms with Gasteiger partial charge in [-0.15, -0.1) is 0 Å². The molecule has 0 aromatic heterocycles. The molecule has 0 aliphatic heterocycles. The topological polar surface area (TPSA) is 50.4 Å². The minimum Gasteiger partial charge on any atom is -0.384 e. The predicted octanol–water partition coefficient (Wildman–Crippen LogP) is 1.42. The van der Waals surface area contributed by atoms with Crippen LogP contribution >= 0.6 is 0 Å². The fourth-order valence-electron chi connectivity index (χ4n) is 1.72. The fraction of sp³-hybridized carbons (Fsp3) is 0.500. The average molecular weight is 250 g/mol. The van der Waals surface area contributed by atoms with E-state index in [1.54, 1.807) is 14.2 Å². The first kappa shape index (κ1) is 14.7. The van der Waals surface area contributed by atoms with Crippen molar-refractivity contribution in [3.63, 3.8) is 0 Å². The van der Waals surface area contributed by atoms with Crippen molar-refractivity contribution in [2.24, 2.45) is 5.92 Å². The zero-order valence-electron chi connectivity index (χ0n) is 11.3. The smallest absolute Gasteiger partial charge is 0.251 e. The summed E-state index contributed by atoms with van der Waals surface area (Å²) < 4.78 is 5.08. The van der Waals surface area contributed by atoms with E-state index in [1.165, 1.54) is 5.56 Å². The summed E-state index contributed by atoms with van der Waals surface area (Å²) in [6, 6.07) is 7.62. The minimum absolute atomic E-state index is 0.0526. The van der Waals surface area contributed by atoms with E-state index in [9.17, 15) is 4.79 Å². The molecule has 1 unspecified atom stereocenters.